The van der Waals surface area contributed by atoms with E-state index >= 15 is 0 Å². The molecule has 0 N–H and O–H groups in total. The van der Waals surface area contributed by atoms with E-state index in [1.807, 2.05) is 0 Å². The number of carbonyl (C=O) groups excluding carboxylic acids is 1. The van der Waals surface area contributed by atoms with Crippen LogP contribution in [0.25, 0.3) is 22.3 Å². The largest absolute Gasteiger partial charge is 0.443 e. The highest BCUT2D eigenvalue weighted by Gasteiger charge is 2.26. The van der Waals surface area contributed by atoms with E-state index in [0.29, 0.717) is 22.3 Å². The van der Waals surface area contributed by atoms with Crippen molar-refractivity contribution in [2.45, 2.75) is 31.3 Å². The first-order valence-corrected chi connectivity index (χ1v) is 10.4. The molecule has 0 radical (unpaired) electrons. The summed E-state index contributed by atoms with van der Waals surface area (Å²) >= 11 is 6.02. The zero-order valence-corrected chi connectivity index (χ0v) is 16.9. The molecule has 8 heteroatoms. The maximum Gasteiger partial charge on any atom is 0.420 e. The Balaban J connectivity index is 2.35. The van der Waals surface area contributed by atoms with E-state index in [1.54, 1.807) is 57.2 Å². The first-order chi connectivity index (χ1) is 12.5. The fourth-order valence-corrected chi connectivity index (χ4v) is 3.79. The van der Waals surface area contributed by atoms with Gasteiger partial charge in [-0.05, 0) is 45.0 Å². The number of rotatable bonds is 2. The van der Waals surface area contributed by atoms with Crippen LogP contribution in [0.4, 0.5) is 4.79 Å². The lowest BCUT2D eigenvalue weighted by molar-refractivity contribution is 0.0546. The predicted octanol–water partition coefficient (Wildman–Crippen LogP) is 4.54. The zero-order valence-electron chi connectivity index (χ0n) is 15.4. The fraction of sp³-hybridized carbons (Fsp3) is 0.263. The van der Waals surface area contributed by atoms with Crippen molar-refractivity contribution < 1.29 is 17.9 Å². The lowest BCUT2D eigenvalue weighted by Crippen LogP contribution is -2.27. The molecule has 3 rings (SSSR count). The van der Waals surface area contributed by atoms with E-state index in [4.69, 9.17) is 16.3 Å². The minimum absolute atomic E-state index is 0.115. The molecule has 0 unspecified atom stereocenters. The molecule has 1 aromatic carbocycles. The van der Waals surface area contributed by atoms with Crippen LogP contribution in [0.3, 0.4) is 0 Å². The molecule has 2 heterocycles. The molecule has 0 bridgehead atoms. The summed E-state index contributed by atoms with van der Waals surface area (Å²) < 4.78 is 31.3. The number of benzene rings is 1. The molecule has 0 amide bonds. The zero-order chi connectivity index (χ0) is 20.0. The third-order valence-electron chi connectivity index (χ3n) is 3.75. The summed E-state index contributed by atoms with van der Waals surface area (Å²) in [4.78, 5) is 17.3. The summed E-state index contributed by atoms with van der Waals surface area (Å²) in [6, 6.07) is 11.5. The molecule has 142 valence electrons. The topological polar surface area (TPSA) is 78.3 Å². The van der Waals surface area contributed by atoms with Crippen LogP contribution in [-0.2, 0) is 14.6 Å². The van der Waals surface area contributed by atoms with Crippen LogP contribution in [0.2, 0.25) is 5.15 Å². The Morgan fingerprint density at radius 1 is 1.15 bits per heavy atom. The van der Waals surface area contributed by atoms with E-state index in [2.05, 4.69) is 4.98 Å². The number of sulfone groups is 1. The van der Waals surface area contributed by atoms with Gasteiger partial charge in [0.05, 0.1) is 10.6 Å². The standard InChI is InChI=1S/C19H19ClN2O4S/c1-19(2,3)26-18(23)22-14(11-12-9-10-16(20)21-17(12)22)13-7-5-6-8-15(13)27(4,24)25/h5-11H,1-4H3. The summed E-state index contributed by atoms with van der Waals surface area (Å²) in [5.41, 5.74) is 0.324. The van der Waals surface area contributed by atoms with Gasteiger partial charge in [0.1, 0.15) is 10.8 Å². The number of aromatic nitrogens is 2. The molecule has 0 aliphatic heterocycles. The Labute approximate surface area is 162 Å². The molecule has 27 heavy (non-hydrogen) atoms. The number of hydrogen-bond acceptors (Lipinski definition) is 5. The minimum Gasteiger partial charge on any atom is -0.443 e. The van der Waals surface area contributed by atoms with Crippen LogP contribution in [-0.4, -0.2) is 35.9 Å². The third-order valence-corrected chi connectivity index (χ3v) is 5.12. The van der Waals surface area contributed by atoms with Gasteiger partial charge in [0.2, 0.25) is 0 Å². The lowest BCUT2D eigenvalue weighted by Gasteiger charge is -2.21. The normalized spacial score (nSPS) is 12.3. The molecular weight excluding hydrogens is 388 g/mol. The van der Waals surface area contributed by atoms with Gasteiger partial charge in [-0.2, -0.15) is 0 Å². The summed E-state index contributed by atoms with van der Waals surface area (Å²) in [6.45, 7) is 5.25. The van der Waals surface area contributed by atoms with E-state index in [0.717, 1.165) is 6.26 Å². The molecule has 3 aromatic rings. The molecule has 0 aliphatic carbocycles. The quantitative estimate of drug-likeness (QED) is 0.583. The first kappa shape index (κ1) is 19.4. The predicted molar refractivity (Wildman–Crippen MR) is 105 cm³/mol. The Hall–Kier alpha value is -2.38. The highest BCUT2D eigenvalue weighted by molar-refractivity contribution is 7.90. The molecule has 0 spiro atoms. The van der Waals surface area contributed by atoms with E-state index in [1.165, 1.54) is 10.6 Å². The van der Waals surface area contributed by atoms with Crippen LogP contribution in [0.1, 0.15) is 20.8 Å². The van der Waals surface area contributed by atoms with Crippen LogP contribution in [0.5, 0.6) is 0 Å². The minimum atomic E-state index is -3.52. The highest BCUT2D eigenvalue weighted by Crippen LogP contribution is 2.33. The van der Waals surface area contributed by atoms with Crippen molar-refractivity contribution in [2.24, 2.45) is 0 Å². The Kier molecular flexibility index (Phi) is 4.78. The summed E-state index contributed by atoms with van der Waals surface area (Å²) in [5.74, 6) is 0. The van der Waals surface area contributed by atoms with Crippen LogP contribution in [0, 0.1) is 0 Å². The van der Waals surface area contributed by atoms with Gasteiger partial charge >= 0.3 is 6.09 Å². The lowest BCUT2D eigenvalue weighted by atomic mass is 10.1. The van der Waals surface area contributed by atoms with Crippen molar-refractivity contribution in [1.82, 2.24) is 9.55 Å². The molecule has 6 nitrogen and oxygen atoms in total. The van der Waals surface area contributed by atoms with Crippen LogP contribution < -0.4 is 0 Å². The summed E-state index contributed by atoms with van der Waals surface area (Å²) in [6.07, 6.45) is 0.465. The van der Waals surface area contributed by atoms with Gasteiger partial charge in [-0.3, -0.25) is 0 Å². The Bertz CT molecular complexity index is 1140. The maximum atomic E-state index is 12.9. The third kappa shape index (κ3) is 3.99. The smallest absolute Gasteiger partial charge is 0.420 e. The molecule has 2 aromatic heterocycles. The van der Waals surface area contributed by atoms with Crippen molar-refractivity contribution in [1.29, 1.82) is 0 Å². The molecule has 0 aliphatic rings. The Morgan fingerprint density at radius 2 is 1.81 bits per heavy atom. The second kappa shape index (κ2) is 6.65. The number of hydrogen-bond donors (Lipinski definition) is 0. The monoisotopic (exact) mass is 406 g/mol. The van der Waals surface area contributed by atoms with Crippen molar-refractivity contribution in [3.63, 3.8) is 0 Å². The van der Waals surface area contributed by atoms with Gasteiger partial charge in [-0.1, -0.05) is 29.8 Å². The average Bonchev–Trinajstić information content (AvgIpc) is 2.91. The second-order valence-corrected chi connectivity index (χ2v) is 9.53. The van der Waals surface area contributed by atoms with E-state index < -0.39 is 21.5 Å². The molecule has 0 fully saturated rings. The van der Waals surface area contributed by atoms with Gasteiger partial charge in [0.25, 0.3) is 0 Å². The fourth-order valence-electron chi connectivity index (χ4n) is 2.75. The summed E-state index contributed by atoms with van der Waals surface area (Å²) in [5, 5.41) is 0.858. The molecule has 0 atom stereocenters. The molecule has 0 saturated carbocycles. The number of pyridine rings is 1. The van der Waals surface area contributed by atoms with E-state index in [9.17, 15) is 13.2 Å². The van der Waals surface area contributed by atoms with Gasteiger partial charge in [0.15, 0.2) is 15.5 Å². The van der Waals surface area contributed by atoms with Crippen molar-refractivity contribution in [2.75, 3.05) is 6.26 Å². The number of carbonyl (C=O) groups is 1. The van der Waals surface area contributed by atoms with Gasteiger partial charge in [-0.15, -0.1) is 0 Å². The summed E-state index contributed by atoms with van der Waals surface area (Å²) in [7, 11) is -3.52. The van der Waals surface area contributed by atoms with Crippen LogP contribution >= 0.6 is 11.6 Å². The van der Waals surface area contributed by atoms with Crippen molar-refractivity contribution >= 4 is 38.6 Å². The number of halogens is 1. The van der Waals surface area contributed by atoms with Crippen LogP contribution in [0.15, 0.2) is 47.4 Å². The molecular formula is C19H19ClN2O4S. The SMILES string of the molecule is CC(C)(C)OC(=O)n1c(-c2ccccc2S(C)(=O)=O)cc2ccc(Cl)nc21. The highest BCUT2D eigenvalue weighted by atomic mass is 35.5. The van der Waals surface area contributed by atoms with Gasteiger partial charge in [0, 0.05) is 17.2 Å². The number of nitrogens with zero attached hydrogens (tertiary/aromatic N) is 2. The van der Waals surface area contributed by atoms with Gasteiger partial charge < -0.3 is 4.74 Å². The average molecular weight is 407 g/mol. The number of fused-ring (bicyclic) bond motifs is 1. The van der Waals surface area contributed by atoms with E-state index in [-0.39, 0.29) is 10.0 Å². The first-order valence-electron chi connectivity index (χ1n) is 8.18. The maximum absolute atomic E-state index is 12.9. The second-order valence-electron chi connectivity index (χ2n) is 7.16. The van der Waals surface area contributed by atoms with Crippen molar-refractivity contribution in [3.8, 4) is 11.3 Å². The number of ether oxygens (including phenoxy) is 1. The van der Waals surface area contributed by atoms with Gasteiger partial charge in [-0.25, -0.2) is 22.8 Å². The van der Waals surface area contributed by atoms with Crippen molar-refractivity contribution in [3.05, 3.63) is 47.6 Å². The molecule has 0 saturated heterocycles. The Morgan fingerprint density at radius 3 is 2.44 bits per heavy atom.